The second-order valence-corrected chi connectivity index (χ2v) is 9.22. The van der Waals surface area contributed by atoms with Crippen LogP contribution in [0.25, 0.3) is 0 Å². The van der Waals surface area contributed by atoms with E-state index in [1.54, 1.807) is 12.1 Å². The van der Waals surface area contributed by atoms with Gasteiger partial charge in [-0.3, -0.25) is 9.59 Å². The molecule has 0 bridgehead atoms. The molecule has 5 nitrogen and oxygen atoms in total. The minimum Gasteiger partial charge on any atom is -0.366 e. The van der Waals surface area contributed by atoms with E-state index in [4.69, 9.17) is 5.73 Å². The van der Waals surface area contributed by atoms with Crippen molar-refractivity contribution in [3.63, 3.8) is 0 Å². The molecule has 2 amide bonds. The topological polar surface area (TPSA) is 75.4 Å². The Morgan fingerprint density at radius 3 is 2.10 bits per heavy atom. The SMILES string of the molecule is CN(C)[C@H](CNC(=O)C[C@H](c1ccccc1)C(C)(C)C)Cc1ccc(C(N)=O)cc1. The number of carbonyl (C=O) groups is 2. The molecule has 0 saturated heterocycles. The van der Waals surface area contributed by atoms with Crippen molar-refractivity contribution in [3.05, 3.63) is 71.3 Å². The smallest absolute Gasteiger partial charge is 0.248 e. The van der Waals surface area contributed by atoms with Crippen LogP contribution in [0.1, 0.15) is 54.6 Å². The fourth-order valence-electron chi connectivity index (χ4n) is 3.61. The summed E-state index contributed by atoms with van der Waals surface area (Å²) in [6.07, 6.45) is 1.23. The minimum absolute atomic E-state index is 0.0121. The first-order chi connectivity index (χ1) is 14.1. The van der Waals surface area contributed by atoms with Crippen LogP contribution in [-0.2, 0) is 11.2 Å². The second kappa shape index (κ2) is 10.4. The van der Waals surface area contributed by atoms with Crippen LogP contribution in [0, 0.1) is 5.41 Å². The van der Waals surface area contributed by atoms with E-state index in [2.05, 4.69) is 43.1 Å². The molecule has 0 fully saturated rings. The van der Waals surface area contributed by atoms with Crippen molar-refractivity contribution in [3.8, 4) is 0 Å². The van der Waals surface area contributed by atoms with Gasteiger partial charge in [0.1, 0.15) is 0 Å². The van der Waals surface area contributed by atoms with Crippen LogP contribution in [0.3, 0.4) is 0 Å². The van der Waals surface area contributed by atoms with Crippen molar-refractivity contribution in [1.29, 1.82) is 0 Å². The van der Waals surface area contributed by atoms with Gasteiger partial charge in [-0.2, -0.15) is 0 Å². The number of rotatable bonds is 9. The van der Waals surface area contributed by atoms with E-state index in [0.717, 1.165) is 12.0 Å². The first kappa shape index (κ1) is 23.6. The van der Waals surface area contributed by atoms with Crippen molar-refractivity contribution < 1.29 is 9.59 Å². The molecule has 0 aliphatic heterocycles. The highest BCUT2D eigenvalue weighted by atomic mass is 16.1. The molecule has 2 atom stereocenters. The fraction of sp³-hybridized carbons (Fsp3) is 0.440. The molecule has 0 unspecified atom stereocenters. The third kappa shape index (κ3) is 6.99. The third-order valence-electron chi connectivity index (χ3n) is 5.61. The summed E-state index contributed by atoms with van der Waals surface area (Å²) in [6, 6.07) is 17.7. The first-order valence-corrected chi connectivity index (χ1v) is 10.4. The normalized spacial score (nSPS) is 13.7. The molecule has 0 radical (unpaired) electrons. The van der Waals surface area contributed by atoms with Crippen LogP contribution in [0.5, 0.6) is 0 Å². The van der Waals surface area contributed by atoms with Gasteiger partial charge in [-0.15, -0.1) is 0 Å². The molecule has 0 heterocycles. The second-order valence-electron chi connectivity index (χ2n) is 9.22. The van der Waals surface area contributed by atoms with Gasteiger partial charge in [-0.25, -0.2) is 0 Å². The maximum atomic E-state index is 12.8. The quantitative estimate of drug-likeness (QED) is 0.664. The van der Waals surface area contributed by atoms with Gasteiger partial charge in [-0.05, 0) is 55.1 Å². The molecule has 2 rings (SSSR count). The van der Waals surface area contributed by atoms with Gasteiger partial charge in [0.05, 0.1) is 0 Å². The summed E-state index contributed by atoms with van der Waals surface area (Å²) in [7, 11) is 4.02. The van der Waals surface area contributed by atoms with E-state index >= 15 is 0 Å². The Morgan fingerprint density at radius 1 is 1.00 bits per heavy atom. The molecule has 0 saturated carbocycles. The van der Waals surface area contributed by atoms with Gasteiger partial charge in [0.15, 0.2) is 0 Å². The number of amides is 2. The lowest BCUT2D eigenvalue weighted by molar-refractivity contribution is -0.122. The van der Waals surface area contributed by atoms with E-state index < -0.39 is 5.91 Å². The maximum Gasteiger partial charge on any atom is 0.248 e. The Balaban J connectivity index is 1.99. The molecule has 162 valence electrons. The van der Waals surface area contributed by atoms with Gasteiger partial charge in [0.25, 0.3) is 0 Å². The average molecular weight is 410 g/mol. The van der Waals surface area contributed by atoms with Crippen LogP contribution in [0.4, 0.5) is 0 Å². The van der Waals surface area contributed by atoms with Gasteiger partial charge in [-0.1, -0.05) is 63.2 Å². The largest absolute Gasteiger partial charge is 0.366 e. The van der Waals surface area contributed by atoms with Crippen LogP contribution in [0.15, 0.2) is 54.6 Å². The molecule has 30 heavy (non-hydrogen) atoms. The highest BCUT2D eigenvalue weighted by molar-refractivity contribution is 5.92. The molecule has 0 aromatic heterocycles. The fourth-order valence-corrected chi connectivity index (χ4v) is 3.61. The number of carbonyl (C=O) groups excluding carboxylic acids is 2. The standard InChI is InChI=1S/C25H35N3O2/c1-25(2,3)22(19-9-7-6-8-10-19)16-23(29)27-17-21(28(4)5)15-18-11-13-20(14-12-18)24(26)30/h6-14,21-22H,15-17H2,1-5H3,(H2,26,30)(H,27,29)/t21-,22+/m0/s1. The Labute approximate surface area is 180 Å². The molecule has 3 N–H and O–H groups in total. The highest BCUT2D eigenvalue weighted by Crippen LogP contribution is 2.37. The summed E-state index contributed by atoms with van der Waals surface area (Å²) in [4.78, 5) is 26.2. The molecule has 5 heteroatoms. The Kier molecular flexibility index (Phi) is 8.18. The van der Waals surface area contributed by atoms with E-state index in [0.29, 0.717) is 18.5 Å². The number of benzene rings is 2. The molecule has 0 aliphatic carbocycles. The van der Waals surface area contributed by atoms with Crippen molar-refractivity contribution in [2.24, 2.45) is 11.1 Å². The van der Waals surface area contributed by atoms with Crippen LogP contribution < -0.4 is 11.1 Å². The predicted octanol–water partition coefficient (Wildman–Crippen LogP) is 3.59. The number of nitrogens with two attached hydrogens (primary N) is 1. The third-order valence-corrected chi connectivity index (χ3v) is 5.61. The summed E-state index contributed by atoms with van der Waals surface area (Å²) in [5.41, 5.74) is 8.10. The molecule has 2 aromatic carbocycles. The molecule has 2 aromatic rings. The maximum absolute atomic E-state index is 12.8. The Hall–Kier alpha value is -2.66. The number of nitrogens with one attached hydrogen (secondary N) is 1. The summed E-state index contributed by atoms with van der Waals surface area (Å²) in [5, 5.41) is 3.13. The lowest BCUT2D eigenvalue weighted by Crippen LogP contribution is -2.42. The van der Waals surface area contributed by atoms with Crippen molar-refractivity contribution in [1.82, 2.24) is 10.2 Å². The van der Waals surface area contributed by atoms with Crippen LogP contribution >= 0.6 is 0 Å². The highest BCUT2D eigenvalue weighted by Gasteiger charge is 2.28. The minimum atomic E-state index is -0.426. The van der Waals surface area contributed by atoms with Gasteiger partial charge >= 0.3 is 0 Å². The zero-order valence-corrected chi connectivity index (χ0v) is 18.8. The molecular formula is C25H35N3O2. The van der Waals surface area contributed by atoms with E-state index in [1.165, 1.54) is 5.56 Å². The summed E-state index contributed by atoms with van der Waals surface area (Å²) >= 11 is 0. The number of hydrogen-bond donors (Lipinski definition) is 2. The van der Waals surface area contributed by atoms with Gasteiger partial charge in [0.2, 0.25) is 11.8 Å². The Bertz CT molecular complexity index is 824. The molecule has 0 spiro atoms. The monoisotopic (exact) mass is 409 g/mol. The van der Waals surface area contributed by atoms with Crippen molar-refractivity contribution >= 4 is 11.8 Å². The average Bonchev–Trinajstić information content (AvgIpc) is 2.69. The van der Waals surface area contributed by atoms with Gasteiger partial charge in [0, 0.05) is 24.6 Å². The van der Waals surface area contributed by atoms with Crippen molar-refractivity contribution in [2.75, 3.05) is 20.6 Å². The number of hydrogen-bond acceptors (Lipinski definition) is 3. The molecule has 0 aliphatic rings. The van der Waals surface area contributed by atoms with Crippen LogP contribution in [0.2, 0.25) is 0 Å². The molecular weight excluding hydrogens is 374 g/mol. The predicted molar refractivity (Wildman–Crippen MR) is 122 cm³/mol. The number of likely N-dealkylation sites (N-methyl/N-ethyl adjacent to an activating group) is 1. The number of primary amides is 1. The van der Waals surface area contributed by atoms with E-state index in [9.17, 15) is 9.59 Å². The summed E-state index contributed by atoms with van der Waals surface area (Å²) in [5.74, 6) is -0.211. The lowest BCUT2D eigenvalue weighted by Gasteiger charge is -2.31. The first-order valence-electron chi connectivity index (χ1n) is 10.4. The zero-order chi connectivity index (χ0) is 22.3. The summed E-state index contributed by atoms with van der Waals surface area (Å²) in [6.45, 7) is 7.10. The van der Waals surface area contributed by atoms with Gasteiger partial charge < -0.3 is 16.0 Å². The lowest BCUT2D eigenvalue weighted by atomic mass is 9.74. The van der Waals surface area contributed by atoms with Crippen molar-refractivity contribution in [2.45, 2.75) is 45.6 Å². The Morgan fingerprint density at radius 2 is 1.60 bits per heavy atom. The van der Waals surface area contributed by atoms with E-state index in [-0.39, 0.29) is 23.3 Å². The number of nitrogens with zero attached hydrogens (tertiary/aromatic N) is 1. The van der Waals surface area contributed by atoms with E-state index in [1.807, 2.05) is 44.4 Å². The zero-order valence-electron chi connectivity index (χ0n) is 18.8. The summed E-state index contributed by atoms with van der Waals surface area (Å²) < 4.78 is 0. The van der Waals surface area contributed by atoms with Crippen LogP contribution in [-0.4, -0.2) is 43.4 Å².